The third-order valence-corrected chi connectivity index (χ3v) is 2.97. The summed E-state index contributed by atoms with van der Waals surface area (Å²) in [4.78, 5) is 23.8. The van der Waals surface area contributed by atoms with Gasteiger partial charge in [-0.1, -0.05) is 43.0 Å². The van der Waals surface area contributed by atoms with Crippen molar-refractivity contribution >= 4 is 23.1 Å². The number of carbonyl (C=O) groups excluding carboxylic acids is 2. The van der Waals surface area contributed by atoms with Gasteiger partial charge in [-0.25, -0.2) is 4.79 Å². The Morgan fingerprint density at radius 1 is 1.00 bits per heavy atom. The van der Waals surface area contributed by atoms with Gasteiger partial charge in [-0.2, -0.15) is 0 Å². The lowest BCUT2D eigenvalue weighted by atomic mass is 10.0. The molecule has 0 saturated carbocycles. The number of para-hydroxylation sites is 1. The van der Waals surface area contributed by atoms with Crippen molar-refractivity contribution in [3.8, 4) is 0 Å². The molecule has 0 unspecified atom stereocenters. The SMILES string of the molecule is C=C(C(=O)OC)c1ccccc1NC(=O)c1ccccc1. The normalized spacial score (nSPS) is 9.76. The smallest absolute Gasteiger partial charge is 0.337 e. The largest absolute Gasteiger partial charge is 0.465 e. The molecule has 0 bridgehead atoms. The molecule has 0 aliphatic rings. The summed E-state index contributed by atoms with van der Waals surface area (Å²) in [6, 6.07) is 15.8. The molecule has 4 nitrogen and oxygen atoms in total. The van der Waals surface area contributed by atoms with E-state index in [1.807, 2.05) is 6.07 Å². The molecule has 0 aliphatic carbocycles. The zero-order valence-corrected chi connectivity index (χ0v) is 11.6. The molecule has 2 aromatic rings. The van der Waals surface area contributed by atoms with Crippen molar-refractivity contribution in [1.82, 2.24) is 0 Å². The topological polar surface area (TPSA) is 55.4 Å². The number of anilines is 1. The molecule has 0 heterocycles. The molecule has 0 atom stereocenters. The summed E-state index contributed by atoms with van der Waals surface area (Å²) in [6.45, 7) is 3.71. The van der Waals surface area contributed by atoms with Crippen molar-refractivity contribution in [3.05, 3.63) is 72.3 Å². The summed E-state index contributed by atoms with van der Waals surface area (Å²) >= 11 is 0. The van der Waals surface area contributed by atoms with E-state index >= 15 is 0 Å². The summed E-state index contributed by atoms with van der Waals surface area (Å²) in [7, 11) is 1.29. The van der Waals surface area contributed by atoms with Gasteiger partial charge in [-0.15, -0.1) is 0 Å². The lowest BCUT2D eigenvalue weighted by molar-refractivity contribution is -0.133. The second-order valence-corrected chi connectivity index (χ2v) is 4.34. The molecule has 0 aliphatic heterocycles. The number of carbonyl (C=O) groups is 2. The zero-order valence-electron chi connectivity index (χ0n) is 11.6. The predicted molar refractivity (Wildman–Crippen MR) is 81.9 cm³/mol. The number of hydrogen-bond acceptors (Lipinski definition) is 3. The minimum atomic E-state index is -0.531. The maximum atomic E-state index is 12.2. The van der Waals surface area contributed by atoms with Gasteiger partial charge < -0.3 is 10.1 Å². The molecular weight excluding hydrogens is 266 g/mol. The van der Waals surface area contributed by atoms with Crippen molar-refractivity contribution in [2.75, 3.05) is 12.4 Å². The fourth-order valence-corrected chi connectivity index (χ4v) is 1.87. The van der Waals surface area contributed by atoms with Crippen LogP contribution in [0.5, 0.6) is 0 Å². The predicted octanol–water partition coefficient (Wildman–Crippen LogP) is 3.13. The highest BCUT2D eigenvalue weighted by Crippen LogP contribution is 2.24. The number of nitrogens with one attached hydrogen (secondary N) is 1. The molecule has 1 N–H and O–H groups in total. The van der Waals surface area contributed by atoms with Crippen LogP contribution in [0.3, 0.4) is 0 Å². The van der Waals surface area contributed by atoms with Crippen LogP contribution >= 0.6 is 0 Å². The molecule has 2 rings (SSSR count). The number of methoxy groups -OCH3 is 1. The van der Waals surface area contributed by atoms with Gasteiger partial charge in [0.25, 0.3) is 5.91 Å². The lowest BCUT2D eigenvalue weighted by Crippen LogP contribution is -2.14. The minimum absolute atomic E-state index is 0.196. The second-order valence-electron chi connectivity index (χ2n) is 4.34. The first-order valence-electron chi connectivity index (χ1n) is 6.36. The Kier molecular flexibility index (Phi) is 4.51. The zero-order chi connectivity index (χ0) is 15.2. The van der Waals surface area contributed by atoms with E-state index in [2.05, 4.69) is 16.6 Å². The van der Waals surface area contributed by atoms with Gasteiger partial charge >= 0.3 is 5.97 Å². The minimum Gasteiger partial charge on any atom is -0.465 e. The van der Waals surface area contributed by atoms with E-state index in [1.54, 1.807) is 48.5 Å². The molecule has 21 heavy (non-hydrogen) atoms. The molecule has 4 heteroatoms. The summed E-state index contributed by atoms with van der Waals surface area (Å²) in [5.41, 5.74) is 1.79. The lowest BCUT2D eigenvalue weighted by Gasteiger charge is -2.12. The van der Waals surface area contributed by atoms with Gasteiger partial charge in [0.2, 0.25) is 0 Å². The van der Waals surface area contributed by atoms with Crippen LogP contribution in [0, 0.1) is 0 Å². The van der Waals surface area contributed by atoms with Crippen molar-refractivity contribution in [2.24, 2.45) is 0 Å². The quantitative estimate of drug-likeness (QED) is 0.692. The number of rotatable bonds is 4. The Labute approximate surface area is 123 Å². The van der Waals surface area contributed by atoms with E-state index in [0.29, 0.717) is 16.8 Å². The fourth-order valence-electron chi connectivity index (χ4n) is 1.87. The first-order valence-corrected chi connectivity index (χ1v) is 6.36. The third-order valence-electron chi connectivity index (χ3n) is 2.97. The van der Waals surface area contributed by atoms with Crippen molar-refractivity contribution in [1.29, 1.82) is 0 Å². The number of ether oxygens (including phenoxy) is 1. The summed E-state index contributed by atoms with van der Waals surface area (Å²) in [6.07, 6.45) is 0. The van der Waals surface area contributed by atoms with E-state index < -0.39 is 5.97 Å². The standard InChI is InChI=1S/C17H15NO3/c1-12(17(20)21-2)14-10-6-7-11-15(14)18-16(19)13-8-4-3-5-9-13/h3-11H,1H2,2H3,(H,18,19). The summed E-state index contributed by atoms with van der Waals surface area (Å²) < 4.78 is 4.66. The highest BCUT2D eigenvalue weighted by atomic mass is 16.5. The molecule has 0 aromatic heterocycles. The second kappa shape index (κ2) is 6.52. The van der Waals surface area contributed by atoms with Crippen LogP contribution in [0.15, 0.2) is 61.2 Å². The molecule has 0 radical (unpaired) electrons. The number of amides is 1. The summed E-state index contributed by atoms with van der Waals surface area (Å²) in [5, 5.41) is 2.78. The molecule has 0 spiro atoms. The van der Waals surface area contributed by atoms with Gasteiger partial charge in [0.1, 0.15) is 0 Å². The maximum absolute atomic E-state index is 12.2. The Bertz CT molecular complexity index is 677. The first kappa shape index (κ1) is 14.5. The average molecular weight is 281 g/mol. The Morgan fingerprint density at radius 3 is 2.29 bits per heavy atom. The molecule has 1 amide bonds. The highest BCUT2D eigenvalue weighted by Gasteiger charge is 2.15. The maximum Gasteiger partial charge on any atom is 0.337 e. The molecule has 0 fully saturated rings. The molecule has 0 saturated heterocycles. The van der Waals surface area contributed by atoms with Crippen LogP contribution in [0.2, 0.25) is 0 Å². The number of benzene rings is 2. The monoisotopic (exact) mass is 281 g/mol. The van der Waals surface area contributed by atoms with Gasteiger partial charge in [0, 0.05) is 16.8 Å². The van der Waals surface area contributed by atoms with Gasteiger partial charge in [-0.05, 0) is 18.2 Å². The van der Waals surface area contributed by atoms with Crippen molar-refractivity contribution < 1.29 is 14.3 Å². The van der Waals surface area contributed by atoms with E-state index in [9.17, 15) is 9.59 Å². The van der Waals surface area contributed by atoms with Gasteiger partial charge in [0.15, 0.2) is 0 Å². The summed E-state index contributed by atoms with van der Waals surface area (Å²) in [5.74, 6) is -0.780. The third kappa shape index (κ3) is 3.36. The van der Waals surface area contributed by atoms with E-state index in [1.165, 1.54) is 7.11 Å². The first-order chi connectivity index (χ1) is 10.1. The Morgan fingerprint density at radius 2 is 1.62 bits per heavy atom. The van der Waals surface area contributed by atoms with Crippen LogP contribution in [0.1, 0.15) is 15.9 Å². The molecule has 2 aromatic carbocycles. The van der Waals surface area contributed by atoms with Gasteiger partial charge in [0.05, 0.1) is 12.7 Å². The van der Waals surface area contributed by atoms with Crippen LogP contribution in [0.4, 0.5) is 5.69 Å². The highest BCUT2D eigenvalue weighted by molar-refractivity contribution is 6.18. The Hall–Kier alpha value is -2.88. The van der Waals surface area contributed by atoms with Crippen molar-refractivity contribution in [2.45, 2.75) is 0 Å². The molecular formula is C17H15NO3. The molecule has 106 valence electrons. The average Bonchev–Trinajstić information content (AvgIpc) is 2.54. The van der Waals surface area contributed by atoms with Crippen LogP contribution in [0.25, 0.3) is 5.57 Å². The van der Waals surface area contributed by atoms with Crippen molar-refractivity contribution in [3.63, 3.8) is 0 Å². The number of hydrogen-bond donors (Lipinski definition) is 1. The van der Waals surface area contributed by atoms with Gasteiger partial charge in [-0.3, -0.25) is 4.79 Å². The van der Waals surface area contributed by atoms with E-state index in [4.69, 9.17) is 0 Å². The Balaban J connectivity index is 2.27. The van der Waals surface area contributed by atoms with E-state index in [0.717, 1.165) is 0 Å². The van der Waals surface area contributed by atoms with Crippen LogP contribution < -0.4 is 5.32 Å². The van der Waals surface area contributed by atoms with Crippen LogP contribution in [-0.2, 0) is 9.53 Å². The fraction of sp³-hybridized carbons (Fsp3) is 0.0588. The van der Waals surface area contributed by atoms with Crippen LogP contribution in [-0.4, -0.2) is 19.0 Å². The number of esters is 1. The van der Waals surface area contributed by atoms with E-state index in [-0.39, 0.29) is 11.5 Å².